The van der Waals surface area contributed by atoms with Crippen LogP contribution in [0.15, 0.2) is 66.7 Å². The summed E-state index contributed by atoms with van der Waals surface area (Å²) in [4.78, 5) is 17.4. The molecule has 1 heterocycles. The molecule has 4 aromatic rings. The van der Waals surface area contributed by atoms with Crippen molar-refractivity contribution in [2.24, 2.45) is 0 Å². The molecule has 1 N–H and O–H groups in total. The molecule has 0 bridgehead atoms. The standard InChI is InChI=1S/C29H32ClN3O2/c1-20(2)22-15-14-21(3)18-27(22)35-17-9-8-16-33-26-13-7-6-12-25(26)32-28(33)19-31-29(34)23-10-4-5-11-24(23)30/h4-7,10-15,18,20H,8-9,16-17,19H2,1-3H3,(H,31,34). The van der Waals surface area contributed by atoms with Gasteiger partial charge in [-0.05, 0) is 67.1 Å². The van der Waals surface area contributed by atoms with Crippen LogP contribution in [0.4, 0.5) is 0 Å². The number of unbranched alkanes of at least 4 members (excludes halogenated alkanes) is 1. The summed E-state index contributed by atoms with van der Waals surface area (Å²) in [6.07, 6.45) is 1.86. The Balaban J connectivity index is 1.39. The number of hydrogen-bond acceptors (Lipinski definition) is 3. The van der Waals surface area contributed by atoms with Gasteiger partial charge in [0, 0.05) is 6.54 Å². The number of aryl methyl sites for hydroxylation is 2. The number of imidazole rings is 1. The van der Waals surface area contributed by atoms with E-state index in [9.17, 15) is 4.79 Å². The average Bonchev–Trinajstić information content (AvgIpc) is 3.20. The molecule has 0 saturated heterocycles. The number of rotatable bonds is 10. The van der Waals surface area contributed by atoms with E-state index in [1.807, 2.05) is 24.3 Å². The number of ether oxygens (including phenoxy) is 1. The van der Waals surface area contributed by atoms with Crippen LogP contribution in [-0.4, -0.2) is 22.1 Å². The van der Waals surface area contributed by atoms with Crippen molar-refractivity contribution < 1.29 is 9.53 Å². The van der Waals surface area contributed by atoms with Crippen molar-refractivity contribution in [2.75, 3.05) is 6.61 Å². The molecular formula is C29H32ClN3O2. The van der Waals surface area contributed by atoms with E-state index in [0.29, 0.717) is 29.7 Å². The first-order valence-corrected chi connectivity index (χ1v) is 12.5. The average molecular weight is 490 g/mol. The first kappa shape index (κ1) is 24.8. The molecule has 0 radical (unpaired) electrons. The molecule has 3 aromatic carbocycles. The maximum absolute atomic E-state index is 12.6. The number of hydrogen-bond donors (Lipinski definition) is 1. The van der Waals surface area contributed by atoms with Gasteiger partial charge in [0.2, 0.25) is 0 Å². The molecule has 5 nitrogen and oxygen atoms in total. The number of carbonyl (C=O) groups excluding carboxylic acids is 1. The van der Waals surface area contributed by atoms with E-state index in [2.05, 4.69) is 54.9 Å². The maximum atomic E-state index is 12.6. The number of para-hydroxylation sites is 2. The SMILES string of the molecule is Cc1ccc(C(C)C)c(OCCCCn2c(CNC(=O)c3ccccc3Cl)nc3ccccc32)c1. The number of halogens is 1. The lowest BCUT2D eigenvalue weighted by Crippen LogP contribution is -2.25. The van der Waals surface area contributed by atoms with E-state index in [1.165, 1.54) is 11.1 Å². The fourth-order valence-electron chi connectivity index (χ4n) is 4.21. The van der Waals surface area contributed by atoms with Crippen LogP contribution in [0.3, 0.4) is 0 Å². The predicted octanol–water partition coefficient (Wildman–Crippen LogP) is 6.91. The van der Waals surface area contributed by atoms with Crippen molar-refractivity contribution in [2.45, 2.75) is 52.6 Å². The minimum Gasteiger partial charge on any atom is -0.493 e. The second kappa shape index (κ2) is 11.4. The number of fused-ring (bicyclic) bond motifs is 1. The number of nitrogens with zero attached hydrogens (tertiary/aromatic N) is 2. The lowest BCUT2D eigenvalue weighted by atomic mass is 10.0. The Labute approximate surface area is 212 Å². The highest BCUT2D eigenvalue weighted by molar-refractivity contribution is 6.33. The Morgan fingerprint density at radius 1 is 1.06 bits per heavy atom. The van der Waals surface area contributed by atoms with Gasteiger partial charge >= 0.3 is 0 Å². The van der Waals surface area contributed by atoms with Crippen LogP contribution in [0.25, 0.3) is 11.0 Å². The molecule has 6 heteroatoms. The third-order valence-corrected chi connectivity index (χ3v) is 6.41. The van der Waals surface area contributed by atoms with Gasteiger partial charge in [0.25, 0.3) is 5.91 Å². The second-order valence-corrected chi connectivity index (χ2v) is 9.49. The second-order valence-electron chi connectivity index (χ2n) is 9.08. The first-order valence-electron chi connectivity index (χ1n) is 12.1. The fraction of sp³-hybridized carbons (Fsp3) is 0.310. The summed E-state index contributed by atoms with van der Waals surface area (Å²) in [5, 5.41) is 3.41. The topological polar surface area (TPSA) is 56.1 Å². The molecule has 1 aromatic heterocycles. The van der Waals surface area contributed by atoms with Crippen molar-refractivity contribution in [3.63, 3.8) is 0 Å². The molecule has 35 heavy (non-hydrogen) atoms. The van der Waals surface area contributed by atoms with Gasteiger partial charge in [-0.15, -0.1) is 0 Å². The highest BCUT2D eigenvalue weighted by Crippen LogP contribution is 2.27. The summed E-state index contributed by atoms with van der Waals surface area (Å²) >= 11 is 6.18. The van der Waals surface area contributed by atoms with Gasteiger partial charge in [-0.25, -0.2) is 4.98 Å². The summed E-state index contributed by atoms with van der Waals surface area (Å²) < 4.78 is 8.35. The summed E-state index contributed by atoms with van der Waals surface area (Å²) in [6.45, 7) is 8.26. The van der Waals surface area contributed by atoms with Crippen LogP contribution in [-0.2, 0) is 13.1 Å². The molecule has 0 unspecified atom stereocenters. The van der Waals surface area contributed by atoms with E-state index in [1.54, 1.807) is 18.2 Å². The highest BCUT2D eigenvalue weighted by atomic mass is 35.5. The lowest BCUT2D eigenvalue weighted by Gasteiger charge is -2.15. The molecule has 0 aliphatic heterocycles. The van der Waals surface area contributed by atoms with E-state index < -0.39 is 0 Å². The molecule has 0 atom stereocenters. The highest BCUT2D eigenvalue weighted by Gasteiger charge is 2.14. The summed E-state index contributed by atoms with van der Waals surface area (Å²) in [5.41, 5.74) is 4.90. The van der Waals surface area contributed by atoms with Gasteiger partial charge in [-0.3, -0.25) is 4.79 Å². The molecule has 0 aliphatic rings. The zero-order valence-electron chi connectivity index (χ0n) is 20.6. The van der Waals surface area contributed by atoms with E-state index in [-0.39, 0.29) is 5.91 Å². The van der Waals surface area contributed by atoms with Gasteiger partial charge in [0.05, 0.1) is 34.8 Å². The third-order valence-electron chi connectivity index (χ3n) is 6.08. The quantitative estimate of drug-likeness (QED) is 0.246. The molecule has 1 amide bonds. The third kappa shape index (κ3) is 6.04. The van der Waals surface area contributed by atoms with Crippen LogP contribution in [0.2, 0.25) is 5.02 Å². The number of carbonyl (C=O) groups is 1. The Hall–Kier alpha value is -3.31. The number of benzene rings is 3. The lowest BCUT2D eigenvalue weighted by molar-refractivity contribution is 0.0949. The van der Waals surface area contributed by atoms with Gasteiger partial charge in [0.1, 0.15) is 11.6 Å². The van der Waals surface area contributed by atoms with Gasteiger partial charge < -0.3 is 14.6 Å². The largest absolute Gasteiger partial charge is 0.493 e. The van der Waals surface area contributed by atoms with Crippen LogP contribution in [0.1, 0.15) is 59.9 Å². The zero-order valence-corrected chi connectivity index (χ0v) is 21.3. The Kier molecular flexibility index (Phi) is 8.09. The summed E-state index contributed by atoms with van der Waals surface area (Å²) in [5.74, 6) is 2.03. The number of nitrogens with one attached hydrogen (secondary N) is 1. The molecule has 0 fully saturated rings. The Morgan fingerprint density at radius 2 is 1.83 bits per heavy atom. The molecule has 0 spiro atoms. The van der Waals surface area contributed by atoms with Gasteiger partial charge in [0.15, 0.2) is 0 Å². The minimum absolute atomic E-state index is 0.207. The van der Waals surface area contributed by atoms with Crippen LogP contribution < -0.4 is 10.1 Å². The summed E-state index contributed by atoms with van der Waals surface area (Å²) in [7, 11) is 0. The van der Waals surface area contributed by atoms with Crippen molar-refractivity contribution in [1.82, 2.24) is 14.9 Å². The molecule has 4 rings (SSSR count). The number of amides is 1. The summed E-state index contributed by atoms with van der Waals surface area (Å²) in [6, 6.07) is 21.5. The Morgan fingerprint density at radius 3 is 2.63 bits per heavy atom. The molecule has 182 valence electrons. The predicted molar refractivity (Wildman–Crippen MR) is 142 cm³/mol. The van der Waals surface area contributed by atoms with Crippen molar-refractivity contribution in [1.29, 1.82) is 0 Å². The minimum atomic E-state index is -0.207. The molecule has 0 aliphatic carbocycles. The van der Waals surface area contributed by atoms with Crippen LogP contribution in [0.5, 0.6) is 5.75 Å². The maximum Gasteiger partial charge on any atom is 0.253 e. The van der Waals surface area contributed by atoms with E-state index in [4.69, 9.17) is 21.3 Å². The van der Waals surface area contributed by atoms with E-state index >= 15 is 0 Å². The van der Waals surface area contributed by atoms with Crippen molar-refractivity contribution in [3.05, 3.63) is 94.3 Å². The van der Waals surface area contributed by atoms with Gasteiger partial charge in [-0.1, -0.05) is 61.8 Å². The van der Waals surface area contributed by atoms with Crippen LogP contribution >= 0.6 is 11.6 Å². The van der Waals surface area contributed by atoms with Crippen molar-refractivity contribution >= 4 is 28.5 Å². The first-order chi connectivity index (χ1) is 16.9. The van der Waals surface area contributed by atoms with Crippen LogP contribution in [0, 0.1) is 6.92 Å². The van der Waals surface area contributed by atoms with Crippen molar-refractivity contribution in [3.8, 4) is 5.75 Å². The normalized spacial score (nSPS) is 11.2. The molecule has 0 saturated carbocycles. The Bertz CT molecular complexity index is 1310. The van der Waals surface area contributed by atoms with E-state index in [0.717, 1.165) is 42.0 Å². The number of aromatic nitrogens is 2. The monoisotopic (exact) mass is 489 g/mol. The smallest absolute Gasteiger partial charge is 0.253 e. The fourth-order valence-corrected chi connectivity index (χ4v) is 4.43. The molecular weight excluding hydrogens is 458 g/mol. The van der Waals surface area contributed by atoms with Gasteiger partial charge in [-0.2, -0.15) is 0 Å². The zero-order chi connectivity index (χ0) is 24.8.